The van der Waals surface area contributed by atoms with Crippen LogP contribution in [0, 0.1) is 25.5 Å². The normalized spacial score (nSPS) is 20.5. The summed E-state index contributed by atoms with van der Waals surface area (Å²) in [6.45, 7) is 3.57. The maximum absolute atomic E-state index is 13.5. The Morgan fingerprint density at radius 1 is 1.21 bits per heavy atom. The Kier molecular flexibility index (Phi) is 4.28. The standard InChI is InChI=1S/C17H17F2N3O2/c1-9-5-15(21-10(2)20-9)17(24)22-8-12(23)7-16(22)11-3-4-13(18)14(19)6-11/h3-6,12,16,23H,7-8H2,1-2H3. The predicted octanol–water partition coefficient (Wildman–Crippen LogP) is 2.32. The van der Waals surface area contributed by atoms with Gasteiger partial charge in [-0.3, -0.25) is 4.79 Å². The van der Waals surface area contributed by atoms with Gasteiger partial charge in [0.15, 0.2) is 11.6 Å². The van der Waals surface area contributed by atoms with Crippen molar-refractivity contribution >= 4 is 5.91 Å². The SMILES string of the molecule is Cc1cc(C(=O)N2CC(O)CC2c2ccc(F)c(F)c2)nc(C)n1. The molecule has 1 fully saturated rings. The fourth-order valence-corrected chi connectivity index (χ4v) is 3.05. The van der Waals surface area contributed by atoms with E-state index in [0.29, 0.717) is 17.1 Å². The lowest BCUT2D eigenvalue weighted by atomic mass is 10.0. The summed E-state index contributed by atoms with van der Waals surface area (Å²) in [6.07, 6.45) is -0.462. The van der Waals surface area contributed by atoms with E-state index in [2.05, 4.69) is 9.97 Å². The van der Waals surface area contributed by atoms with Gasteiger partial charge in [0.25, 0.3) is 5.91 Å². The van der Waals surface area contributed by atoms with Crippen LogP contribution < -0.4 is 0 Å². The average Bonchev–Trinajstić information content (AvgIpc) is 2.90. The van der Waals surface area contributed by atoms with Crippen molar-refractivity contribution in [2.24, 2.45) is 0 Å². The summed E-state index contributed by atoms with van der Waals surface area (Å²) in [5, 5.41) is 9.97. The number of aromatic nitrogens is 2. The second-order valence-corrected chi connectivity index (χ2v) is 5.98. The third-order valence-electron chi connectivity index (χ3n) is 4.05. The van der Waals surface area contributed by atoms with Gasteiger partial charge in [0.2, 0.25) is 0 Å². The Morgan fingerprint density at radius 2 is 1.96 bits per heavy atom. The van der Waals surface area contributed by atoms with E-state index in [-0.39, 0.29) is 24.6 Å². The number of halogens is 2. The van der Waals surface area contributed by atoms with Crippen molar-refractivity contribution in [3.8, 4) is 0 Å². The minimum Gasteiger partial charge on any atom is -0.391 e. The van der Waals surface area contributed by atoms with Crippen LogP contribution in [-0.4, -0.2) is 38.5 Å². The van der Waals surface area contributed by atoms with E-state index >= 15 is 0 Å². The number of aliphatic hydroxyl groups excluding tert-OH is 1. The quantitative estimate of drug-likeness (QED) is 0.916. The molecule has 2 unspecified atom stereocenters. The van der Waals surface area contributed by atoms with Crippen molar-refractivity contribution in [2.45, 2.75) is 32.4 Å². The number of carbonyl (C=O) groups excluding carboxylic acids is 1. The first-order valence-electron chi connectivity index (χ1n) is 7.61. The summed E-state index contributed by atoms with van der Waals surface area (Å²) in [7, 11) is 0. The van der Waals surface area contributed by atoms with Gasteiger partial charge in [0.05, 0.1) is 12.1 Å². The van der Waals surface area contributed by atoms with Crippen molar-refractivity contribution in [1.29, 1.82) is 0 Å². The highest BCUT2D eigenvalue weighted by Gasteiger charge is 2.36. The number of rotatable bonds is 2. The molecular formula is C17H17F2N3O2. The number of amides is 1. The van der Waals surface area contributed by atoms with Crippen LogP contribution in [0.3, 0.4) is 0 Å². The fourth-order valence-electron chi connectivity index (χ4n) is 3.05. The molecule has 1 aliphatic heterocycles. The van der Waals surface area contributed by atoms with E-state index in [1.165, 1.54) is 11.0 Å². The first-order chi connectivity index (χ1) is 11.3. The van der Waals surface area contributed by atoms with Crippen LogP contribution in [0.4, 0.5) is 8.78 Å². The number of benzene rings is 1. The zero-order valence-corrected chi connectivity index (χ0v) is 13.3. The van der Waals surface area contributed by atoms with Gasteiger partial charge in [-0.2, -0.15) is 0 Å². The van der Waals surface area contributed by atoms with Crippen LogP contribution in [0.1, 0.15) is 40.0 Å². The highest BCUT2D eigenvalue weighted by Crippen LogP contribution is 2.33. The highest BCUT2D eigenvalue weighted by atomic mass is 19.2. The van der Waals surface area contributed by atoms with Gasteiger partial charge in [-0.25, -0.2) is 18.7 Å². The van der Waals surface area contributed by atoms with Gasteiger partial charge in [-0.05, 0) is 44.0 Å². The van der Waals surface area contributed by atoms with Crippen LogP contribution in [0.15, 0.2) is 24.3 Å². The molecule has 0 bridgehead atoms. The predicted molar refractivity (Wildman–Crippen MR) is 82.3 cm³/mol. The molecule has 5 nitrogen and oxygen atoms in total. The third kappa shape index (κ3) is 3.12. The van der Waals surface area contributed by atoms with E-state index < -0.39 is 23.8 Å². The van der Waals surface area contributed by atoms with Crippen LogP contribution in [0.5, 0.6) is 0 Å². The molecule has 2 heterocycles. The first kappa shape index (κ1) is 16.4. The van der Waals surface area contributed by atoms with Crippen LogP contribution in [-0.2, 0) is 0 Å². The lowest BCUT2D eigenvalue weighted by Crippen LogP contribution is -2.32. The Morgan fingerprint density at radius 3 is 2.62 bits per heavy atom. The lowest BCUT2D eigenvalue weighted by molar-refractivity contribution is 0.0709. The Hall–Kier alpha value is -2.41. The average molecular weight is 333 g/mol. The zero-order valence-electron chi connectivity index (χ0n) is 13.3. The molecule has 0 spiro atoms. The largest absolute Gasteiger partial charge is 0.391 e. The fraction of sp³-hybridized carbons (Fsp3) is 0.353. The maximum atomic E-state index is 13.5. The molecule has 1 aromatic heterocycles. The molecule has 1 N–H and O–H groups in total. The molecule has 24 heavy (non-hydrogen) atoms. The minimum atomic E-state index is -0.977. The minimum absolute atomic E-state index is 0.116. The smallest absolute Gasteiger partial charge is 0.273 e. The maximum Gasteiger partial charge on any atom is 0.273 e. The van der Waals surface area contributed by atoms with Crippen molar-refractivity contribution < 1.29 is 18.7 Å². The number of aryl methyl sites for hydroxylation is 2. The number of nitrogens with zero attached hydrogens (tertiary/aromatic N) is 3. The monoisotopic (exact) mass is 333 g/mol. The van der Waals surface area contributed by atoms with Crippen molar-refractivity contribution in [1.82, 2.24) is 14.9 Å². The first-order valence-corrected chi connectivity index (χ1v) is 7.61. The molecule has 1 amide bonds. The summed E-state index contributed by atoms with van der Waals surface area (Å²) < 4.78 is 26.7. The Balaban J connectivity index is 1.95. The van der Waals surface area contributed by atoms with E-state index in [0.717, 1.165) is 12.1 Å². The zero-order chi connectivity index (χ0) is 17.4. The van der Waals surface area contributed by atoms with Gasteiger partial charge >= 0.3 is 0 Å². The second-order valence-electron chi connectivity index (χ2n) is 5.98. The molecule has 7 heteroatoms. The molecule has 2 atom stereocenters. The topological polar surface area (TPSA) is 66.3 Å². The molecule has 1 saturated heterocycles. The Labute approximate surface area is 138 Å². The Bertz CT molecular complexity index is 777. The van der Waals surface area contributed by atoms with Crippen molar-refractivity contribution in [2.75, 3.05) is 6.54 Å². The number of carbonyl (C=O) groups is 1. The van der Waals surface area contributed by atoms with Crippen LogP contribution >= 0.6 is 0 Å². The molecule has 126 valence electrons. The molecular weight excluding hydrogens is 316 g/mol. The highest BCUT2D eigenvalue weighted by molar-refractivity contribution is 5.93. The number of β-amino-alcohol motifs (C(OH)–C–C–N with tert-alkyl or cyclic N) is 1. The number of hydrogen-bond acceptors (Lipinski definition) is 4. The van der Waals surface area contributed by atoms with E-state index in [4.69, 9.17) is 0 Å². The molecule has 1 aliphatic rings. The van der Waals surface area contributed by atoms with Crippen LogP contribution in [0.2, 0.25) is 0 Å². The molecule has 0 saturated carbocycles. The summed E-state index contributed by atoms with van der Waals surface area (Å²) in [4.78, 5) is 22.5. The van der Waals surface area contributed by atoms with Gasteiger partial charge in [-0.15, -0.1) is 0 Å². The summed E-state index contributed by atoms with van der Waals surface area (Å²) in [5.74, 6) is -1.82. The molecule has 0 radical (unpaired) electrons. The number of likely N-dealkylation sites (tertiary alicyclic amines) is 1. The molecule has 3 rings (SSSR count). The number of hydrogen-bond donors (Lipinski definition) is 1. The van der Waals surface area contributed by atoms with E-state index in [9.17, 15) is 18.7 Å². The molecule has 1 aromatic carbocycles. The molecule has 0 aliphatic carbocycles. The van der Waals surface area contributed by atoms with E-state index in [1.54, 1.807) is 19.9 Å². The van der Waals surface area contributed by atoms with Gasteiger partial charge in [-0.1, -0.05) is 6.07 Å². The van der Waals surface area contributed by atoms with Gasteiger partial charge < -0.3 is 10.0 Å². The van der Waals surface area contributed by atoms with Gasteiger partial charge in [0.1, 0.15) is 11.5 Å². The van der Waals surface area contributed by atoms with Crippen molar-refractivity contribution in [3.05, 3.63) is 58.7 Å². The second kappa shape index (κ2) is 6.24. The van der Waals surface area contributed by atoms with Crippen molar-refractivity contribution in [3.63, 3.8) is 0 Å². The summed E-state index contributed by atoms with van der Waals surface area (Å²) in [6, 6.07) is 4.56. The number of aliphatic hydroxyl groups is 1. The van der Waals surface area contributed by atoms with E-state index in [1.807, 2.05) is 0 Å². The van der Waals surface area contributed by atoms with Crippen LogP contribution in [0.25, 0.3) is 0 Å². The summed E-state index contributed by atoms with van der Waals surface area (Å²) >= 11 is 0. The third-order valence-corrected chi connectivity index (χ3v) is 4.05. The summed E-state index contributed by atoms with van der Waals surface area (Å²) in [5.41, 5.74) is 1.33. The molecule has 2 aromatic rings. The van der Waals surface area contributed by atoms with Gasteiger partial charge in [0, 0.05) is 12.2 Å². The lowest BCUT2D eigenvalue weighted by Gasteiger charge is -2.24.